The van der Waals surface area contributed by atoms with E-state index in [9.17, 15) is 9.18 Å². The zero-order chi connectivity index (χ0) is 11.8. The van der Waals surface area contributed by atoms with Crippen molar-refractivity contribution in [2.45, 2.75) is 13.0 Å². The van der Waals surface area contributed by atoms with Crippen LogP contribution in [0.4, 0.5) is 4.39 Å². The molecular formula is C11H17FN2O. The molecule has 0 aromatic heterocycles. The molecule has 0 rings (SSSR count). The zero-order valence-electron chi connectivity index (χ0n) is 8.92. The number of ketones is 1. The Balaban J connectivity index is 4.84. The average molecular weight is 212 g/mol. The van der Waals surface area contributed by atoms with Gasteiger partial charge in [-0.3, -0.25) is 4.79 Å². The standard InChI is InChI=1S/C11H17FN2O/c1-4-5-10(8(2)12)11(9(3)15)14-7-6-13/h4-5,11,14H,1-2,6-7,13H2,3H3/b10-5+. The second kappa shape index (κ2) is 7.09. The highest BCUT2D eigenvalue weighted by Crippen LogP contribution is 2.14. The molecule has 0 aromatic rings. The van der Waals surface area contributed by atoms with E-state index in [0.29, 0.717) is 13.1 Å². The maximum Gasteiger partial charge on any atom is 0.151 e. The molecule has 1 atom stereocenters. The van der Waals surface area contributed by atoms with Crippen LogP contribution >= 0.6 is 0 Å². The van der Waals surface area contributed by atoms with Crippen molar-refractivity contribution in [3.8, 4) is 0 Å². The van der Waals surface area contributed by atoms with Gasteiger partial charge >= 0.3 is 0 Å². The number of carbonyl (C=O) groups excluding carboxylic acids is 1. The third-order valence-corrected chi connectivity index (χ3v) is 1.82. The molecule has 0 amide bonds. The first-order valence-electron chi connectivity index (χ1n) is 4.65. The van der Waals surface area contributed by atoms with Gasteiger partial charge in [-0.1, -0.05) is 25.3 Å². The first kappa shape index (κ1) is 13.7. The van der Waals surface area contributed by atoms with Gasteiger partial charge in [-0.25, -0.2) is 4.39 Å². The summed E-state index contributed by atoms with van der Waals surface area (Å²) in [5, 5.41) is 2.84. The molecule has 0 radical (unpaired) electrons. The van der Waals surface area contributed by atoms with Gasteiger partial charge in [0.1, 0.15) is 5.83 Å². The monoisotopic (exact) mass is 212 g/mol. The molecule has 3 N–H and O–H groups in total. The lowest BCUT2D eigenvalue weighted by atomic mass is 10.0. The summed E-state index contributed by atoms with van der Waals surface area (Å²) in [6.07, 6.45) is 2.85. The Morgan fingerprint density at radius 3 is 2.60 bits per heavy atom. The molecule has 0 heterocycles. The van der Waals surface area contributed by atoms with E-state index >= 15 is 0 Å². The molecule has 3 nitrogen and oxygen atoms in total. The van der Waals surface area contributed by atoms with E-state index in [1.54, 1.807) is 0 Å². The summed E-state index contributed by atoms with van der Waals surface area (Å²) in [5.41, 5.74) is 5.50. The highest BCUT2D eigenvalue weighted by Gasteiger charge is 2.20. The molecule has 0 aliphatic heterocycles. The SMILES string of the molecule is C=C/C=C(\C(=C)F)C(NCCN)C(C)=O. The van der Waals surface area contributed by atoms with Crippen LogP contribution in [0.25, 0.3) is 0 Å². The largest absolute Gasteiger partial charge is 0.329 e. The topological polar surface area (TPSA) is 55.1 Å². The molecule has 0 aliphatic carbocycles. The van der Waals surface area contributed by atoms with Crippen LogP contribution in [0.1, 0.15) is 6.92 Å². The molecule has 0 bridgehead atoms. The molecule has 0 fully saturated rings. The van der Waals surface area contributed by atoms with Crippen LogP contribution in [-0.2, 0) is 4.79 Å². The minimum absolute atomic E-state index is 0.185. The summed E-state index contributed by atoms with van der Waals surface area (Å²) in [6, 6.07) is -0.705. The van der Waals surface area contributed by atoms with Crippen molar-refractivity contribution >= 4 is 5.78 Å². The summed E-state index contributed by atoms with van der Waals surface area (Å²) in [7, 11) is 0. The van der Waals surface area contributed by atoms with Crippen LogP contribution < -0.4 is 11.1 Å². The Bertz CT molecular complexity index is 284. The molecule has 0 saturated carbocycles. The smallest absolute Gasteiger partial charge is 0.151 e. The van der Waals surface area contributed by atoms with Crippen molar-refractivity contribution < 1.29 is 9.18 Å². The van der Waals surface area contributed by atoms with Gasteiger partial charge in [0.05, 0.1) is 6.04 Å². The van der Waals surface area contributed by atoms with Crippen molar-refractivity contribution in [1.82, 2.24) is 5.32 Å². The highest BCUT2D eigenvalue weighted by molar-refractivity contribution is 5.85. The minimum atomic E-state index is -0.705. The average Bonchev–Trinajstić information content (AvgIpc) is 2.16. The van der Waals surface area contributed by atoms with Gasteiger partial charge < -0.3 is 11.1 Å². The molecule has 0 aliphatic rings. The van der Waals surface area contributed by atoms with E-state index in [0.717, 1.165) is 0 Å². The summed E-state index contributed by atoms with van der Waals surface area (Å²) >= 11 is 0. The normalized spacial score (nSPS) is 13.4. The number of halogens is 1. The van der Waals surface area contributed by atoms with Crippen LogP contribution in [0.2, 0.25) is 0 Å². The Morgan fingerprint density at radius 2 is 2.27 bits per heavy atom. The van der Waals surface area contributed by atoms with Crippen molar-refractivity contribution in [1.29, 1.82) is 0 Å². The van der Waals surface area contributed by atoms with Gasteiger partial charge in [0.25, 0.3) is 0 Å². The number of nitrogens with one attached hydrogen (secondary N) is 1. The Hall–Kier alpha value is -1.26. The van der Waals surface area contributed by atoms with Gasteiger partial charge in [-0.05, 0) is 6.92 Å². The van der Waals surface area contributed by atoms with Crippen LogP contribution in [0.3, 0.4) is 0 Å². The Kier molecular flexibility index (Phi) is 6.49. The maximum absolute atomic E-state index is 13.1. The van der Waals surface area contributed by atoms with Gasteiger partial charge in [-0.2, -0.15) is 0 Å². The summed E-state index contributed by atoms with van der Waals surface area (Å²) in [4.78, 5) is 11.3. The molecule has 15 heavy (non-hydrogen) atoms. The van der Waals surface area contributed by atoms with Crippen LogP contribution in [-0.4, -0.2) is 24.9 Å². The predicted molar refractivity (Wildman–Crippen MR) is 60.1 cm³/mol. The number of hydrogen-bond donors (Lipinski definition) is 2. The van der Waals surface area contributed by atoms with E-state index in [2.05, 4.69) is 18.5 Å². The lowest BCUT2D eigenvalue weighted by Crippen LogP contribution is -2.40. The second-order valence-corrected chi connectivity index (χ2v) is 3.05. The quantitative estimate of drug-likeness (QED) is 0.621. The highest BCUT2D eigenvalue weighted by atomic mass is 19.1. The third-order valence-electron chi connectivity index (χ3n) is 1.82. The minimum Gasteiger partial charge on any atom is -0.329 e. The molecule has 0 spiro atoms. The molecule has 84 valence electrons. The number of nitrogens with two attached hydrogens (primary N) is 1. The lowest BCUT2D eigenvalue weighted by molar-refractivity contribution is -0.118. The lowest BCUT2D eigenvalue weighted by Gasteiger charge is -2.17. The molecule has 4 heteroatoms. The summed E-state index contributed by atoms with van der Waals surface area (Å²) < 4.78 is 13.1. The fraction of sp³-hybridized carbons (Fsp3) is 0.364. The van der Waals surface area contributed by atoms with Crippen molar-refractivity contribution in [2.24, 2.45) is 5.73 Å². The number of allylic oxidation sites excluding steroid dienone is 2. The second-order valence-electron chi connectivity index (χ2n) is 3.05. The van der Waals surface area contributed by atoms with Gasteiger partial charge in [0, 0.05) is 18.7 Å². The molecule has 0 saturated heterocycles. The van der Waals surface area contributed by atoms with Crippen molar-refractivity contribution in [3.05, 3.63) is 36.7 Å². The number of Topliss-reactive ketones (excluding diaryl/α,β-unsaturated/α-hetero) is 1. The molecule has 0 aromatic carbocycles. The fourth-order valence-corrected chi connectivity index (χ4v) is 1.17. The molecular weight excluding hydrogens is 195 g/mol. The van der Waals surface area contributed by atoms with E-state index in [-0.39, 0.29) is 11.4 Å². The van der Waals surface area contributed by atoms with Crippen LogP contribution in [0.15, 0.2) is 36.7 Å². The first-order valence-corrected chi connectivity index (χ1v) is 4.65. The summed E-state index contributed by atoms with van der Waals surface area (Å²) in [6.45, 7) is 8.83. The molecule has 1 unspecified atom stereocenters. The first-order chi connectivity index (χ1) is 7.04. The number of carbonyl (C=O) groups is 1. The summed E-state index contributed by atoms with van der Waals surface area (Å²) in [5.74, 6) is -0.824. The predicted octanol–water partition coefficient (Wildman–Crippen LogP) is 1.09. The van der Waals surface area contributed by atoms with Crippen molar-refractivity contribution in [3.63, 3.8) is 0 Å². The Morgan fingerprint density at radius 1 is 1.67 bits per heavy atom. The maximum atomic E-state index is 13.1. The van der Waals surface area contributed by atoms with E-state index in [4.69, 9.17) is 5.73 Å². The van der Waals surface area contributed by atoms with E-state index in [1.807, 2.05) is 0 Å². The van der Waals surface area contributed by atoms with Gasteiger partial charge in [0.15, 0.2) is 5.78 Å². The van der Waals surface area contributed by atoms with Crippen LogP contribution in [0, 0.1) is 0 Å². The number of hydrogen-bond acceptors (Lipinski definition) is 3. The zero-order valence-corrected chi connectivity index (χ0v) is 8.92. The number of rotatable bonds is 7. The van der Waals surface area contributed by atoms with Crippen LogP contribution in [0.5, 0.6) is 0 Å². The fourth-order valence-electron chi connectivity index (χ4n) is 1.17. The van der Waals surface area contributed by atoms with Gasteiger partial charge in [-0.15, -0.1) is 0 Å². The van der Waals surface area contributed by atoms with E-state index < -0.39 is 11.9 Å². The third kappa shape index (κ3) is 4.67. The van der Waals surface area contributed by atoms with E-state index in [1.165, 1.54) is 19.1 Å². The van der Waals surface area contributed by atoms with Crippen molar-refractivity contribution in [2.75, 3.05) is 13.1 Å². The van der Waals surface area contributed by atoms with Gasteiger partial charge in [0.2, 0.25) is 0 Å². The Labute approximate surface area is 89.5 Å².